The third-order valence-electron chi connectivity index (χ3n) is 4.33. The molecule has 0 aliphatic heterocycles. The smallest absolute Gasteiger partial charge is 0.306 e. The van der Waals surface area contributed by atoms with Gasteiger partial charge in [-0.15, -0.1) is 0 Å². The number of pyridine rings is 1. The summed E-state index contributed by atoms with van der Waals surface area (Å²) in [5.41, 5.74) is 1.32. The summed E-state index contributed by atoms with van der Waals surface area (Å²) in [7, 11) is 0. The van der Waals surface area contributed by atoms with Crippen LogP contribution in [-0.4, -0.2) is 40.2 Å². The first-order valence-electron chi connectivity index (χ1n) is 9.37. The molecule has 150 valence electrons. The van der Waals surface area contributed by atoms with E-state index in [1.54, 1.807) is 12.1 Å². The summed E-state index contributed by atoms with van der Waals surface area (Å²) in [5, 5.41) is 21.2. The Kier molecular flexibility index (Phi) is 8.27. The standard InChI is InChI=1S/C21H26N2O5/c1-2-3-4-16(21(26)27)13-15-5-8-18(9-6-15)28-12-11-22-20(25)17-7-10-19(24)23-14-17/h5-10,14,16H,2-4,11-13H2,1H3,(H,22,25)(H,23,24)(H,26,27). The van der Waals surface area contributed by atoms with E-state index >= 15 is 0 Å². The van der Waals surface area contributed by atoms with Crippen LogP contribution >= 0.6 is 0 Å². The lowest BCUT2D eigenvalue weighted by molar-refractivity contribution is -0.142. The molecule has 3 N–H and O–H groups in total. The molecule has 0 aliphatic carbocycles. The number of aromatic nitrogens is 1. The number of benzene rings is 1. The largest absolute Gasteiger partial charge is 0.493 e. The molecule has 28 heavy (non-hydrogen) atoms. The van der Waals surface area contributed by atoms with Crippen molar-refractivity contribution >= 4 is 11.9 Å². The molecule has 2 rings (SSSR count). The van der Waals surface area contributed by atoms with Crippen LogP contribution in [0.3, 0.4) is 0 Å². The van der Waals surface area contributed by atoms with Gasteiger partial charge < -0.3 is 20.3 Å². The van der Waals surface area contributed by atoms with E-state index in [4.69, 9.17) is 9.84 Å². The number of carbonyl (C=O) groups is 2. The summed E-state index contributed by atoms with van der Waals surface area (Å²) in [4.78, 5) is 26.9. The number of hydrogen-bond donors (Lipinski definition) is 3. The van der Waals surface area contributed by atoms with E-state index in [-0.39, 0.29) is 17.7 Å². The first-order valence-corrected chi connectivity index (χ1v) is 9.37. The van der Waals surface area contributed by atoms with E-state index < -0.39 is 5.97 Å². The van der Waals surface area contributed by atoms with Crippen LogP contribution in [0, 0.1) is 5.92 Å². The molecule has 0 radical (unpaired) electrons. The molecule has 7 heteroatoms. The number of hydrogen-bond acceptors (Lipinski definition) is 5. The maximum absolute atomic E-state index is 11.9. The van der Waals surface area contributed by atoms with Crippen LogP contribution in [0.25, 0.3) is 0 Å². The van der Waals surface area contributed by atoms with Crippen LogP contribution in [-0.2, 0) is 11.2 Å². The van der Waals surface area contributed by atoms with E-state index in [1.165, 1.54) is 18.3 Å². The lowest BCUT2D eigenvalue weighted by Crippen LogP contribution is -2.28. The molecule has 0 saturated carbocycles. The fourth-order valence-corrected chi connectivity index (χ4v) is 2.73. The highest BCUT2D eigenvalue weighted by Gasteiger charge is 2.17. The Hall–Kier alpha value is -3.09. The zero-order valence-corrected chi connectivity index (χ0v) is 15.9. The number of aliphatic carboxylic acids is 1. The zero-order chi connectivity index (χ0) is 20.4. The normalized spacial score (nSPS) is 11.6. The van der Waals surface area contributed by atoms with Crippen LogP contribution in [0.15, 0.2) is 42.6 Å². The number of amides is 1. The molecule has 1 atom stereocenters. The SMILES string of the molecule is CCCCC(Cc1ccc(OCCNC(=O)c2ccc(O)nc2)cc1)C(=O)O. The van der Waals surface area contributed by atoms with Gasteiger partial charge in [-0.2, -0.15) is 0 Å². The van der Waals surface area contributed by atoms with Crippen molar-refractivity contribution in [3.8, 4) is 11.6 Å². The van der Waals surface area contributed by atoms with Crippen molar-refractivity contribution in [2.24, 2.45) is 5.92 Å². The van der Waals surface area contributed by atoms with E-state index in [0.717, 1.165) is 18.4 Å². The van der Waals surface area contributed by atoms with Crippen LogP contribution < -0.4 is 10.1 Å². The van der Waals surface area contributed by atoms with Gasteiger partial charge in [0.05, 0.1) is 18.0 Å². The fraction of sp³-hybridized carbons (Fsp3) is 0.381. The van der Waals surface area contributed by atoms with Crippen molar-refractivity contribution < 1.29 is 24.5 Å². The maximum Gasteiger partial charge on any atom is 0.306 e. The van der Waals surface area contributed by atoms with Crippen molar-refractivity contribution in [1.82, 2.24) is 10.3 Å². The molecule has 0 bridgehead atoms. The van der Waals surface area contributed by atoms with Crippen molar-refractivity contribution in [2.45, 2.75) is 32.6 Å². The van der Waals surface area contributed by atoms with Gasteiger partial charge in [-0.1, -0.05) is 31.9 Å². The molecule has 1 aromatic carbocycles. The Morgan fingerprint density at radius 1 is 1.18 bits per heavy atom. The van der Waals surface area contributed by atoms with E-state index in [1.807, 2.05) is 12.1 Å². The van der Waals surface area contributed by atoms with Gasteiger partial charge in [0.15, 0.2) is 0 Å². The number of rotatable bonds is 11. The molecule has 0 spiro atoms. The van der Waals surface area contributed by atoms with Crippen molar-refractivity contribution in [1.29, 1.82) is 0 Å². The number of carbonyl (C=O) groups excluding carboxylic acids is 1. The molecule has 1 unspecified atom stereocenters. The Labute approximate surface area is 164 Å². The molecule has 2 aromatic rings. The minimum atomic E-state index is -0.756. The van der Waals surface area contributed by atoms with Crippen LogP contribution in [0.2, 0.25) is 0 Å². The van der Waals surface area contributed by atoms with Gasteiger partial charge in [-0.25, -0.2) is 4.98 Å². The molecule has 1 heterocycles. The fourth-order valence-electron chi connectivity index (χ4n) is 2.73. The first kappa shape index (κ1) is 21.2. The number of aromatic hydroxyl groups is 1. The second-order valence-electron chi connectivity index (χ2n) is 6.53. The third kappa shape index (κ3) is 6.90. The Bertz CT molecular complexity index is 759. The zero-order valence-electron chi connectivity index (χ0n) is 15.9. The number of carboxylic acid groups (broad SMARTS) is 1. The average Bonchev–Trinajstić information content (AvgIpc) is 2.69. The lowest BCUT2D eigenvalue weighted by atomic mass is 9.94. The van der Waals surface area contributed by atoms with Crippen LogP contribution in [0.5, 0.6) is 11.6 Å². The maximum atomic E-state index is 11.9. The van der Waals surface area contributed by atoms with Crippen molar-refractivity contribution in [3.05, 3.63) is 53.7 Å². The first-order chi connectivity index (χ1) is 13.5. The minimum Gasteiger partial charge on any atom is -0.493 e. The number of unbranched alkanes of at least 4 members (excludes halogenated alkanes) is 1. The predicted octanol–water partition coefficient (Wildman–Crippen LogP) is 3.03. The quantitative estimate of drug-likeness (QED) is 0.512. The molecule has 0 fully saturated rings. The highest BCUT2D eigenvalue weighted by molar-refractivity contribution is 5.93. The second-order valence-corrected chi connectivity index (χ2v) is 6.53. The minimum absolute atomic E-state index is 0.136. The Morgan fingerprint density at radius 3 is 2.54 bits per heavy atom. The van der Waals surface area contributed by atoms with Gasteiger partial charge in [-0.05, 0) is 36.6 Å². The molecule has 1 amide bonds. The molecular formula is C21H26N2O5. The number of nitrogens with zero attached hydrogens (tertiary/aromatic N) is 1. The predicted molar refractivity (Wildman–Crippen MR) is 105 cm³/mol. The molecule has 1 aromatic heterocycles. The van der Waals surface area contributed by atoms with Crippen molar-refractivity contribution in [2.75, 3.05) is 13.2 Å². The van der Waals surface area contributed by atoms with E-state index in [2.05, 4.69) is 17.2 Å². The average molecular weight is 386 g/mol. The third-order valence-corrected chi connectivity index (χ3v) is 4.33. The summed E-state index contributed by atoms with van der Waals surface area (Å²) < 4.78 is 5.60. The number of ether oxygens (including phenoxy) is 1. The van der Waals surface area contributed by atoms with Crippen molar-refractivity contribution in [3.63, 3.8) is 0 Å². The van der Waals surface area contributed by atoms with Gasteiger partial charge in [-0.3, -0.25) is 9.59 Å². The highest BCUT2D eigenvalue weighted by atomic mass is 16.5. The molecule has 0 saturated heterocycles. The summed E-state index contributed by atoms with van der Waals surface area (Å²) in [5.74, 6) is -0.893. The summed E-state index contributed by atoms with van der Waals surface area (Å²) in [6.07, 6.45) is 4.38. The van der Waals surface area contributed by atoms with Gasteiger partial charge >= 0.3 is 5.97 Å². The summed E-state index contributed by atoms with van der Waals surface area (Å²) in [6.45, 7) is 2.67. The van der Waals surface area contributed by atoms with E-state index in [0.29, 0.717) is 37.3 Å². The van der Waals surface area contributed by atoms with Gasteiger partial charge in [0.1, 0.15) is 12.4 Å². The van der Waals surface area contributed by atoms with Gasteiger partial charge in [0.2, 0.25) is 5.88 Å². The van der Waals surface area contributed by atoms with Crippen LogP contribution in [0.1, 0.15) is 42.1 Å². The number of carboxylic acids is 1. The Balaban J connectivity index is 1.75. The second kappa shape index (κ2) is 10.9. The van der Waals surface area contributed by atoms with Gasteiger partial charge in [0, 0.05) is 12.3 Å². The highest BCUT2D eigenvalue weighted by Crippen LogP contribution is 2.18. The molecular weight excluding hydrogens is 360 g/mol. The summed E-state index contributed by atoms with van der Waals surface area (Å²) in [6, 6.07) is 10.2. The van der Waals surface area contributed by atoms with Crippen LogP contribution in [0.4, 0.5) is 0 Å². The monoisotopic (exact) mass is 386 g/mol. The van der Waals surface area contributed by atoms with E-state index in [9.17, 15) is 14.7 Å². The summed E-state index contributed by atoms with van der Waals surface area (Å²) >= 11 is 0. The van der Waals surface area contributed by atoms with Gasteiger partial charge in [0.25, 0.3) is 5.91 Å². The number of nitrogens with one attached hydrogen (secondary N) is 1. The topological polar surface area (TPSA) is 109 Å². The Morgan fingerprint density at radius 2 is 1.93 bits per heavy atom. The molecule has 0 aliphatic rings. The molecule has 7 nitrogen and oxygen atoms in total. The lowest BCUT2D eigenvalue weighted by Gasteiger charge is -2.12.